The molecule has 8 rings (SSSR count). The molecule has 4 nitrogen and oxygen atoms in total. The molecular weight excluding hydrogens is 855 g/mol. The van der Waals surface area contributed by atoms with Crippen LogP contribution in [0.4, 0.5) is 0 Å². The standard InChI is InChI=1S/4C14H11O.Sn/c4*1-11-7-9-13(10-8-11)14(15)12-5-3-2-4-6-12;/h4*3-10H,1H3;. The molecule has 0 N–H and O–H groups in total. The first kappa shape index (κ1) is 41.0. The van der Waals surface area contributed by atoms with Crippen LogP contribution in [0.2, 0.25) is 0 Å². The number of rotatable bonds is 12. The van der Waals surface area contributed by atoms with Gasteiger partial charge in [-0.1, -0.05) is 0 Å². The van der Waals surface area contributed by atoms with Crippen molar-refractivity contribution in [1.29, 1.82) is 0 Å². The molecule has 0 radical (unpaired) electrons. The Balaban J connectivity index is 1.30. The Kier molecular flexibility index (Phi) is 11.7. The van der Waals surface area contributed by atoms with E-state index in [1.54, 1.807) is 0 Å². The van der Waals surface area contributed by atoms with Crippen LogP contribution in [0.3, 0.4) is 0 Å². The average molecular weight is 900 g/mol. The molecule has 0 heterocycles. The number of aryl methyl sites for hydroxylation is 4. The summed E-state index contributed by atoms with van der Waals surface area (Å²) >= 11 is -4.49. The second-order valence-corrected chi connectivity index (χ2v) is 26.7. The Bertz CT molecular complexity index is 2460. The molecule has 0 saturated heterocycles. The molecule has 0 atom stereocenters. The topological polar surface area (TPSA) is 68.3 Å². The first-order valence-electron chi connectivity index (χ1n) is 20.4. The Morgan fingerprint density at radius 2 is 0.361 bits per heavy atom. The van der Waals surface area contributed by atoms with Crippen molar-refractivity contribution in [2.45, 2.75) is 27.7 Å². The van der Waals surface area contributed by atoms with E-state index < -0.39 is 18.4 Å². The summed E-state index contributed by atoms with van der Waals surface area (Å²) in [6, 6.07) is 62.2. The molecular formula is C56H44O4Sn. The second-order valence-electron chi connectivity index (χ2n) is 15.8. The number of carbonyl (C=O) groups excluding carboxylic acids is 4. The van der Waals surface area contributed by atoms with Crippen molar-refractivity contribution in [2.24, 2.45) is 0 Å². The fourth-order valence-electron chi connectivity index (χ4n) is 7.97. The minimum atomic E-state index is -4.49. The summed E-state index contributed by atoms with van der Waals surface area (Å²) in [6.07, 6.45) is 0. The van der Waals surface area contributed by atoms with Crippen LogP contribution in [0.5, 0.6) is 0 Å². The van der Waals surface area contributed by atoms with E-state index in [0.717, 1.165) is 36.6 Å². The van der Waals surface area contributed by atoms with E-state index in [0.29, 0.717) is 44.5 Å². The predicted molar refractivity (Wildman–Crippen MR) is 249 cm³/mol. The third kappa shape index (κ3) is 8.37. The van der Waals surface area contributed by atoms with Gasteiger partial charge in [-0.2, -0.15) is 0 Å². The van der Waals surface area contributed by atoms with Crippen molar-refractivity contribution in [3.8, 4) is 0 Å². The molecule has 0 amide bonds. The average Bonchev–Trinajstić information content (AvgIpc) is 3.30. The molecule has 0 aliphatic carbocycles. The third-order valence-corrected chi connectivity index (χ3v) is 25.3. The van der Waals surface area contributed by atoms with E-state index >= 15 is 0 Å². The van der Waals surface area contributed by atoms with Gasteiger partial charge in [-0.15, -0.1) is 0 Å². The summed E-state index contributed by atoms with van der Waals surface area (Å²) in [5, 5.41) is 0. The zero-order chi connectivity index (χ0) is 42.7. The third-order valence-electron chi connectivity index (χ3n) is 11.6. The first-order chi connectivity index (χ1) is 29.5. The van der Waals surface area contributed by atoms with Crippen molar-refractivity contribution < 1.29 is 19.2 Å². The zero-order valence-electron chi connectivity index (χ0n) is 34.6. The molecule has 0 saturated carbocycles. The van der Waals surface area contributed by atoms with Crippen LogP contribution >= 0.6 is 0 Å². The van der Waals surface area contributed by atoms with Gasteiger partial charge in [0.05, 0.1) is 0 Å². The molecule has 0 aliphatic heterocycles. The van der Waals surface area contributed by atoms with Crippen LogP contribution in [0.15, 0.2) is 194 Å². The summed E-state index contributed by atoms with van der Waals surface area (Å²) < 4.78 is 4.23. The van der Waals surface area contributed by atoms with Crippen LogP contribution in [0.1, 0.15) is 85.9 Å². The van der Waals surface area contributed by atoms with Crippen LogP contribution in [0, 0.1) is 27.7 Å². The van der Waals surface area contributed by atoms with Crippen molar-refractivity contribution in [3.63, 3.8) is 0 Å². The van der Waals surface area contributed by atoms with E-state index in [1.807, 2.05) is 173 Å². The molecule has 8 aromatic carbocycles. The van der Waals surface area contributed by atoms with Gasteiger partial charge in [-0.05, 0) is 0 Å². The number of benzene rings is 8. The van der Waals surface area contributed by atoms with Crippen molar-refractivity contribution in [1.82, 2.24) is 0 Å². The van der Waals surface area contributed by atoms with E-state index in [1.165, 1.54) is 0 Å². The summed E-state index contributed by atoms with van der Waals surface area (Å²) in [5.74, 6) is -0.262. The van der Waals surface area contributed by atoms with Gasteiger partial charge in [0.15, 0.2) is 0 Å². The van der Waals surface area contributed by atoms with Crippen molar-refractivity contribution in [2.75, 3.05) is 0 Å². The SMILES string of the molecule is Cc1ccc(C(=O)c2cc[c]([Sn]([c]3ccc(C(=O)c4ccc(C)cc4)cc3)([c]3ccc(C(=O)c4ccc(C)cc4)cc3)[c]3ccc(C(=O)c4ccc(C)cc4)cc3)cc2)cc1. The van der Waals surface area contributed by atoms with Gasteiger partial charge in [-0.3, -0.25) is 0 Å². The van der Waals surface area contributed by atoms with Gasteiger partial charge in [0, 0.05) is 0 Å². The van der Waals surface area contributed by atoms with Crippen LogP contribution < -0.4 is 14.3 Å². The van der Waals surface area contributed by atoms with E-state index in [9.17, 15) is 19.2 Å². The van der Waals surface area contributed by atoms with Crippen LogP contribution in [0.25, 0.3) is 0 Å². The minimum absolute atomic E-state index is 0.0655. The van der Waals surface area contributed by atoms with Gasteiger partial charge >= 0.3 is 364 Å². The molecule has 0 unspecified atom stereocenters. The monoisotopic (exact) mass is 900 g/mol. The van der Waals surface area contributed by atoms with Gasteiger partial charge in [0.2, 0.25) is 0 Å². The maximum absolute atomic E-state index is 13.8. The van der Waals surface area contributed by atoms with E-state index in [4.69, 9.17) is 0 Å². The molecule has 0 bridgehead atoms. The molecule has 0 fully saturated rings. The molecule has 0 aliphatic rings. The van der Waals surface area contributed by atoms with Crippen LogP contribution in [-0.2, 0) is 0 Å². The number of hydrogen-bond acceptors (Lipinski definition) is 4. The van der Waals surface area contributed by atoms with Crippen molar-refractivity contribution in [3.05, 3.63) is 261 Å². The van der Waals surface area contributed by atoms with E-state index in [-0.39, 0.29) is 23.1 Å². The summed E-state index contributed by atoms with van der Waals surface area (Å²) in [6.45, 7) is 7.99. The molecule has 296 valence electrons. The van der Waals surface area contributed by atoms with Gasteiger partial charge in [0.25, 0.3) is 0 Å². The Morgan fingerprint density at radius 3 is 0.508 bits per heavy atom. The summed E-state index contributed by atoms with van der Waals surface area (Å²) in [4.78, 5) is 55.0. The van der Waals surface area contributed by atoms with Crippen molar-refractivity contribution >= 4 is 55.8 Å². The normalized spacial score (nSPS) is 11.2. The molecule has 0 spiro atoms. The van der Waals surface area contributed by atoms with Gasteiger partial charge in [-0.25, -0.2) is 0 Å². The Labute approximate surface area is 361 Å². The first-order valence-corrected chi connectivity index (χ1v) is 26.1. The molecule has 5 heteroatoms. The Morgan fingerprint density at radius 1 is 0.230 bits per heavy atom. The van der Waals surface area contributed by atoms with Crippen LogP contribution in [-0.4, -0.2) is 41.5 Å². The second kappa shape index (κ2) is 17.5. The number of carbonyl (C=O) groups is 4. The van der Waals surface area contributed by atoms with Gasteiger partial charge < -0.3 is 0 Å². The van der Waals surface area contributed by atoms with Gasteiger partial charge in [0.1, 0.15) is 0 Å². The quantitative estimate of drug-likeness (QED) is 0.0907. The Hall–Kier alpha value is -6.76. The fourth-order valence-corrected chi connectivity index (χ4v) is 21.3. The molecule has 61 heavy (non-hydrogen) atoms. The van der Waals surface area contributed by atoms with E-state index in [2.05, 4.69) is 48.5 Å². The summed E-state index contributed by atoms with van der Waals surface area (Å²) in [5.41, 5.74) is 9.07. The maximum atomic E-state index is 13.8. The molecule has 0 aromatic heterocycles. The predicted octanol–water partition coefficient (Wildman–Crippen LogP) is 9.22. The zero-order valence-corrected chi connectivity index (χ0v) is 37.5. The molecule has 8 aromatic rings. The number of ketones is 4. The fraction of sp³-hybridized carbons (Fsp3) is 0.0714. The number of hydrogen-bond donors (Lipinski definition) is 0. The summed E-state index contributed by atoms with van der Waals surface area (Å²) in [7, 11) is 0.